The van der Waals surface area contributed by atoms with E-state index in [0.29, 0.717) is 12.6 Å². The molecule has 3 aromatic rings. The summed E-state index contributed by atoms with van der Waals surface area (Å²) in [6, 6.07) is 13.0. The maximum Gasteiger partial charge on any atom is 0.129 e. The van der Waals surface area contributed by atoms with Gasteiger partial charge in [-0.25, -0.2) is 4.39 Å². The first kappa shape index (κ1) is 17.5. The van der Waals surface area contributed by atoms with E-state index >= 15 is 0 Å². The van der Waals surface area contributed by atoms with Gasteiger partial charge in [-0.2, -0.15) is 0 Å². The summed E-state index contributed by atoms with van der Waals surface area (Å²) in [4.78, 5) is 5.67. The molecule has 132 valence electrons. The summed E-state index contributed by atoms with van der Waals surface area (Å²) in [5.41, 5.74) is 3.30. The third-order valence-electron chi connectivity index (χ3n) is 4.67. The van der Waals surface area contributed by atoms with E-state index in [1.54, 1.807) is 12.1 Å². The van der Waals surface area contributed by atoms with Crippen molar-refractivity contribution in [2.45, 2.75) is 32.9 Å². The van der Waals surface area contributed by atoms with Crippen molar-refractivity contribution in [1.82, 2.24) is 9.88 Å². The number of likely N-dealkylation sites (N-methyl/N-ethyl adjacent to an activating group) is 1. The van der Waals surface area contributed by atoms with E-state index in [2.05, 4.69) is 43.0 Å². The molecule has 3 nitrogen and oxygen atoms in total. The lowest BCUT2D eigenvalue weighted by Gasteiger charge is -2.20. The quantitative estimate of drug-likeness (QED) is 0.671. The predicted molar refractivity (Wildman–Crippen MR) is 101 cm³/mol. The Morgan fingerprint density at radius 1 is 1.12 bits per heavy atom. The fraction of sp³-hybridized carbons (Fsp3) is 0.333. The fourth-order valence-electron chi connectivity index (χ4n) is 2.83. The van der Waals surface area contributed by atoms with Gasteiger partial charge in [0.2, 0.25) is 0 Å². The monoisotopic (exact) mass is 340 g/mol. The number of H-pyrrole nitrogens is 1. The molecule has 2 aromatic carbocycles. The molecule has 4 heteroatoms. The number of nitrogens with zero attached hydrogens (tertiary/aromatic N) is 1. The molecule has 1 aromatic heterocycles. The Morgan fingerprint density at radius 2 is 1.88 bits per heavy atom. The molecule has 1 heterocycles. The van der Waals surface area contributed by atoms with Crippen molar-refractivity contribution in [3.05, 3.63) is 65.6 Å². The number of rotatable bonds is 7. The lowest BCUT2D eigenvalue weighted by molar-refractivity contribution is 0.277. The van der Waals surface area contributed by atoms with Crippen LogP contribution in [-0.2, 0) is 13.0 Å². The lowest BCUT2D eigenvalue weighted by Crippen LogP contribution is -2.28. The molecule has 0 aliphatic carbocycles. The van der Waals surface area contributed by atoms with E-state index in [1.165, 1.54) is 17.7 Å². The summed E-state index contributed by atoms with van der Waals surface area (Å²) in [5.74, 6) is 0.637. The van der Waals surface area contributed by atoms with Crippen LogP contribution >= 0.6 is 0 Å². The van der Waals surface area contributed by atoms with Gasteiger partial charge >= 0.3 is 0 Å². The van der Waals surface area contributed by atoms with Crippen molar-refractivity contribution >= 4 is 10.9 Å². The lowest BCUT2D eigenvalue weighted by atomic mass is 10.1. The normalized spacial score (nSPS) is 11.6. The van der Waals surface area contributed by atoms with Crippen molar-refractivity contribution < 1.29 is 9.13 Å². The summed E-state index contributed by atoms with van der Waals surface area (Å²) >= 11 is 0. The van der Waals surface area contributed by atoms with Crippen LogP contribution in [-0.4, -0.2) is 29.5 Å². The van der Waals surface area contributed by atoms with Gasteiger partial charge in [-0.3, -0.25) is 0 Å². The van der Waals surface area contributed by atoms with Crippen LogP contribution in [0.15, 0.2) is 48.7 Å². The van der Waals surface area contributed by atoms with Crippen LogP contribution < -0.4 is 4.74 Å². The van der Waals surface area contributed by atoms with Crippen molar-refractivity contribution in [2.24, 2.45) is 0 Å². The number of fused-ring (bicyclic) bond motifs is 1. The van der Waals surface area contributed by atoms with Crippen LogP contribution in [0.4, 0.5) is 4.39 Å². The molecule has 0 bridgehead atoms. The molecule has 0 atom stereocenters. The molecular formula is C21H25FN2O. The molecule has 0 amide bonds. The molecule has 0 spiro atoms. The topological polar surface area (TPSA) is 28.3 Å². The Hall–Kier alpha value is -2.33. The Kier molecular flexibility index (Phi) is 5.39. The van der Waals surface area contributed by atoms with E-state index < -0.39 is 0 Å². The third-order valence-corrected chi connectivity index (χ3v) is 4.67. The number of hydrogen-bond donors (Lipinski definition) is 1. The largest absolute Gasteiger partial charge is 0.488 e. The van der Waals surface area contributed by atoms with E-state index in [-0.39, 0.29) is 5.82 Å². The van der Waals surface area contributed by atoms with Crippen LogP contribution in [0, 0.1) is 5.82 Å². The zero-order valence-corrected chi connectivity index (χ0v) is 15.1. The second-order valence-corrected chi connectivity index (χ2v) is 6.73. The summed E-state index contributed by atoms with van der Waals surface area (Å²) < 4.78 is 19.1. The Labute approximate surface area is 148 Å². The summed E-state index contributed by atoms with van der Waals surface area (Å²) in [6.07, 6.45) is 3.04. The van der Waals surface area contributed by atoms with Crippen LogP contribution in [0.5, 0.6) is 5.75 Å². The number of ether oxygens (including phenoxy) is 1. The molecular weight excluding hydrogens is 315 g/mol. The standard InChI is InChI=1S/C21H25FN2O/c1-15(2)24(3)12-11-17-13-23-19-5-4-6-20(21(17)19)25-14-16-7-9-18(22)10-8-16/h4-10,13,15,23H,11-12,14H2,1-3H3. The predicted octanol–water partition coefficient (Wildman–Crippen LogP) is 4.77. The van der Waals surface area contributed by atoms with Crippen molar-refractivity contribution in [1.29, 1.82) is 0 Å². The Balaban J connectivity index is 1.78. The highest BCUT2D eigenvalue weighted by molar-refractivity contribution is 5.89. The number of aromatic amines is 1. The maximum atomic E-state index is 13.0. The van der Waals surface area contributed by atoms with E-state index in [0.717, 1.165) is 35.2 Å². The second kappa shape index (κ2) is 7.70. The molecule has 0 saturated carbocycles. The number of nitrogens with one attached hydrogen (secondary N) is 1. The molecule has 0 aliphatic rings. The fourth-order valence-corrected chi connectivity index (χ4v) is 2.83. The molecule has 3 rings (SSSR count). The molecule has 0 unspecified atom stereocenters. The highest BCUT2D eigenvalue weighted by Gasteiger charge is 2.11. The van der Waals surface area contributed by atoms with E-state index in [4.69, 9.17) is 4.74 Å². The van der Waals surface area contributed by atoms with Gasteiger partial charge in [-0.1, -0.05) is 18.2 Å². The minimum Gasteiger partial charge on any atom is -0.488 e. The van der Waals surface area contributed by atoms with E-state index in [1.807, 2.05) is 12.1 Å². The van der Waals surface area contributed by atoms with Crippen LogP contribution in [0.1, 0.15) is 25.0 Å². The number of hydrogen-bond acceptors (Lipinski definition) is 2. The first-order valence-corrected chi connectivity index (χ1v) is 8.71. The average molecular weight is 340 g/mol. The molecule has 1 N–H and O–H groups in total. The second-order valence-electron chi connectivity index (χ2n) is 6.73. The summed E-state index contributed by atoms with van der Waals surface area (Å²) in [5, 5.41) is 1.14. The molecule has 0 saturated heterocycles. The molecule has 0 aliphatic heterocycles. The molecule has 0 fully saturated rings. The first-order valence-electron chi connectivity index (χ1n) is 8.71. The Bertz CT molecular complexity index is 824. The zero-order valence-electron chi connectivity index (χ0n) is 15.1. The molecule has 0 radical (unpaired) electrons. The minimum absolute atomic E-state index is 0.229. The van der Waals surface area contributed by atoms with Gasteiger partial charge in [0.25, 0.3) is 0 Å². The van der Waals surface area contributed by atoms with E-state index in [9.17, 15) is 4.39 Å². The first-order chi connectivity index (χ1) is 12.0. The minimum atomic E-state index is -0.229. The number of halogens is 1. The number of benzene rings is 2. The van der Waals surface area contributed by atoms with Gasteiger partial charge in [0.05, 0.1) is 0 Å². The smallest absolute Gasteiger partial charge is 0.129 e. The van der Waals surface area contributed by atoms with Crippen molar-refractivity contribution in [3.63, 3.8) is 0 Å². The maximum absolute atomic E-state index is 13.0. The van der Waals surface area contributed by atoms with Gasteiger partial charge in [0, 0.05) is 29.7 Å². The third kappa shape index (κ3) is 4.20. The number of aromatic nitrogens is 1. The summed E-state index contributed by atoms with van der Waals surface area (Å²) in [6.45, 7) is 5.83. The van der Waals surface area contributed by atoms with Crippen molar-refractivity contribution in [3.8, 4) is 5.75 Å². The SMILES string of the molecule is CC(C)N(C)CCc1c[nH]c2cccc(OCc3ccc(F)cc3)c12. The van der Waals surface area contributed by atoms with Gasteiger partial charge in [-0.05, 0) is 62.7 Å². The van der Waals surface area contributed by atoms with Gasteiger partial charge in [0.15, 0.2) is 0 Å². The van der Waals surface area contributed by atoms with Gasteiger partial charge < -0.3 is 14.6 Å². The average Bonchev–Trinajstić information content (AvgIpc) is 3.03. The highest BCUT2D eigenvalue weighted by atomic mass is 19.1. The van der Waals surface area contributed by atoms with Crippen LogP contribution in [0.2, 0.25) is 0 Å². The highest BCUT2D eigenvalue weighted by Crippen LogP contribution is 2.30. The zero-order chi connectivity index (χ0) is 17.8. The van der Waals surface area contributed by atoms with Gasteiger partial charge in [0.1, 0.15) is 18.2 Å². The van der Waals surface area contributed by atoms with Crippen LogP contribution in [0.3, 0.4) is 0 Å². The Morgan fingerprint density at radius 3 is 2.60 bits per heavy atom. The molecule has 25 heavy (non-hydrogen) atoms. The van der Waals surface area contributed by atoms with Crippen LogP contribution in [0.25, 0.3) is 10.9 Å². The summed E-state index contributed by atoms with van der Waals surface area (Å²) in [7, 11) is 2.14. The van der Waals surface area contributed by atoms with Crippen molar-refractivity contribution in [2.75, 3.05) is 13.6 Å². The van der Waals surface area contributed by atoms with Gasteiger partial charge in [-0.15, -0.1) is 0 Å².